The van der Waals surface area contributed by atoms with Crippen molar-refractivity contribution in [3.05, 3.63) is 48.0 Å². The highest BCUT2D eigenvalue weighted by atomic mass is 32.2. The van der Waals surface area contributed by atoms with Crippen molar-refractivity contribution in [2.45, 2.75) is 24.3 Å². The molecule has 0 N–H and O–H groups in total. The molecular weight excluding hydrogens is 317 g/mol. The summed E-state index contributed by atoms with van der Waals surface area (Å²) in [5.74, 6) is -0.486. The lowest BCUT2D eigenvalue weighted by atomic mass is 10.2. The van der Waals surface area contributed by atoms with Gasteiger partial charge in [0.25, 0.3) is 10.0 Å². The minimum absolute atomic E-state index is 0.0108. The molecular formula is C16H16FN3O2S. The molecule has 0 atom stereocenters. The van der Waals surface area contributed by atoms with E-state index in [-0.39, 0.29) is 17.0 Å². The summed E-state index contributed by atoms with van der Waals surface area (Å²) >= 11 is 0. The molecule has 2 aliphatic rings. The molecule has 23 heavy (non-hydrogen) atoms. The summed E-state index contributed by atoms with van der Waals surface area (Å²) in [6.07, 6.45) is 5.38. The van der Waals surface area contributed by atoms with Gasteiger partial charge >= 0.3 is 0 Å². The van der Waals surface area contributed by atoms with E-state index in [1.807, 2.05) is 6.07 Å². The van der Waals surface area contributed by atoms with E-state index in [1.165, 1.54) is 22.5 Å². The van der Waals surface area contributed by atoms with E-state index >= 15 is 0 Å². The summed E-state index contributed by atoms with van der Waals surface area (Å²) in [7, 11) is -3.75. The Hall–Kier alpha value is -2.15. The lowest BCUT2D eigenvalue weighted by molar-refractivity contribution is 0.595. The van der Waals surface area contributed by atoms with Crippen molar-refractivity contribution in [3.8, 4) is 0 Å². The highest BCUT2D eigenvalue weighted by molar-refractivity contribution is 7.93. The Morgan fingerprint density at radius 1 is 1.09 bits per heavy atom. The largest absolute Gasteiger partial charge is 0.370 e. The second kappa shape index (κ2) is 5.19. The predicted molar refractivity (Wildman–Crippen MR) is 85.5 cm³/mol. The molecule has 1 aromatic carbocycles. The van der Waals surface area contributed by atoms with E-state index in [0.29, 0.717) is 5.69 Å². The molecule has 1 saturated heterocycles. The fourth-order valence-electron chi connectivity index (χ4n) is 3.29. The molecule has 4 rings (SSSR count). The number of sulfonamides is 1. The van der Waals surface area contributed by atoms with Crippen molar-refractivity contribution in [1.82, 2.24) is 4.98 Å². The Bertz CT molecular complexity index is 863. The lowest BCUT2D eigenvalue weighted by Crippen LogP contribution is -2.27. The Balaban J connectivity index is 1.83. The molecule has 0 unspecified atom stereocenters. The number of halogens is 1. The summed E-state index contributed by atoms with van der Waals surface area (Å²) in [4.78, 5) is 6.29. The molecule has 120 valence electrons. The van der Waals surface area contributed by atoms with Gasteiger partial charge in [-0.15, -0.1) is 0 Å². The van der Waals surface area contributed by atoms with Crippen LogP contribution in [0, 0.1) is 5.82 Å². The fourth-order valence-corrected chi connectivity index (χ4v) is 4.95. The Morgan fingerprint density at radius 3 is 2.61 bits per heavy atom. The predicted octanol–water partition coefficient (Wildman–Crippen LogP) is 2.53. The standard InChI is InChI=1S/C16H16FN3O2S/c17-13-4-3-5-16-12(13)11-20(23(16,21)22)15-10-18-7-6-14(15)19-8-1-2-9-19/h3-7,10H,1-2,8-9,11H2. The number of rotatable bonds is 2. The highest BCUT2D eigenvalue weighted by Gasteiger charge is 2.38. The third-order valence-electron chi connectivity index (χ3n) is 4.44. The van der Waals surface area contributed by atoms with Gasteiger partial charge in [-0.1, -0.05) is 6.07 Å². The zero-order valence-electron chi connectivity index (χ0n) is 12.4. The highest BCUT2D eigenvalue weighted by Crippen LogP contribution is 2.40. The Labute approximate surface area is 134 Å². The molecule has 0 aliphatic carbocycles. The molecule has 0 bridgehead atoms. The van der Waals surface area contributed by atoms with Crippen molar-refractivity contribution in [2.24, 2.45) is 0 Å². The Morgan fingerprint density at radius 2 is 1.87 bits per heavy atom. The molecule has 0 radical (unpaired) electrons. The summed E-state index contributed by atoms with van der Waals surface area (Å²) < 4.78 is 40.9. The second-order valence-electron chi connectivity index (χ2n) is 5.79. The lowest BCUT2D eigenvalue weighted by Gasteiger charge is -2.25. The van der Waals surface area contributed by atoms with E-state index in [9.17, 15) is 12.8 Å². The summed E-state index contributed by atoms with van der Waals surface area (Å²) in [5.41, 5.74) is 1.59. The van der Waals surface area contributed by atoms with Crippen LogP contribution in [0.4, 0.5) is 15.8 Å². The van der Waals surface area contributed by atoms with Crippen molar-refractivity contribution in [2.75, 3.05) is 22.3 Å². The molecule has 0 saturated carbocycles. The van der Waals surface area contributed by atoms with Crippen molar-refractivity contribution in [3.63, 3.8) is 0 Å². The van der Waals surface area contributed by atoms with Crippen LogP contribution >= 0.6 is 0 Å². The van der Waals surface area contributed by atoms with E-state index in [2.05, 4.69) is 9.88 Å². The zero-order chi connectivity index (χ0) is 16.0. The van der Waals surface area contributed by atoms with Gasteiger partial charge in [0.05, 0.1) is 29.0 Å². The van der Waals surface area contributed by atoms with Gasteiger partial charge in [0.1, 0.15) is 5.82 Å². The monoisotopic (exact) mass is 333 g/mol. The second-order valence-corrected chi connectivity index (χ2v) is 7.62. The van der Waals surface area contributed by atoms with Gasteiger partial charge in [0.15, 0.2) is 0 Å². The number of fused-ring (bicyclic) bond motifs is 1. The normalized spacial score (nSPS) is 19.2. The van der Waals surface area contributed by atoms with Gasteiger partial charge in [-0.2, -0.15) is 0 Å². The number of anilines is 2. The van der Waals surface area contributed by atoms with Crippen LogP contribution < -0.4 is 9.21 Å². The van der Waals surface area contributed by atoms with Crippen LogP contribution in [0.25, 0.3) is 0 Å². The molecule has 7 heteroatoms. The van der Waals surface area contributed by atoms with Gasteiger partial charge in [-0.3, -0.25) is 9.29 Å². The number of nitrogens with zero attached hydrogens (tertiary/aromatic N) is 3. The van der Waals surface area contributed by atoms with Crippen LogP contribution in [-0.4, -0.2) is 26.5 Å². The van der Waals surface area contributed by atoms with Gasteiger partial charge in [0, 0.05) is 24.8 Å². The van der Waals surface area contributed by atoms with Gasteiger partial charge in [-0.05, 0) is 31.0 Å². The minimum Gasteiger partial charge on any atom is -0.370 e. The number of benzene rings is 1. The molecule has 0 spiro atoms. The quantitative estimate of drug-likeness (QED) is 0.847. The maximum atomic E-state index is 14.0. The molecule has 2 aliphatic heterocycles. The maximum Gasteiger partial charge on any atom is 0.265 e. The summed E-state index contributed by atoms with van der Waals surface area (Å²) in [5, 5.41) is 0. The van der Waals surface area contributed by atoms with Crippen molar-refractivity contribution >= 4 is 21.4 Å². The summed E-state index contributed by atoms with van der Waals surface area (Å²) in [6.45, 7) is 1.80. The third-order valence-corrected chi connectivity index (χ3v) is 6.28. The molecule has 2 aromatic rings. The van der Waals surface area contributed by atoms with Crippen LogP contribution in [0.15, 0.2) is 41.6 Å². The first-order valence-electron chi connectivity index (χ1n) is 7.58. The minimum atomic E-state index is -3.75. The maximum absolute atomic E-state index is 14.0. The van der Waals surface area contributed by atoms with E-state index < -0.39 is 15.8 Å². The van der Waals surface area contributed by atoms with E-state index in [4.69, 9.17) is 0 Å². The fraction of sp³-hybridized carbons (Fsp3) is 0.312. The van der Waals surface area contributed by atoms with Gasteiger partial charge in [-0.25, -0.2) is 12.8 Å². The molecule has 3 heterocycles. The van der Waals surface area contributed by atoms with Crippen molar-refractivity contribution in [1.29, 1.82) is 0 Å². The average molecular weight is 333 g/mol. The van der Waals surface area contributed by atoms with Crippen molar-refractivity contribution < 1.29 is 12.8 Å². The number of hydrogen-bond acceptors (Lipinski definition) is 4. The molecule has 1 aromatic heterocycles. The number of hydrogen-bond donors (Lipinski definition) is 0. The van der Waals surface area contributed by atoms with Crippen LogP contribution in [0.1, 0.15) is 18.4 Å². The molecule has 0 amide bonds. The van der Waals surface area contributed by atoms with Crippen LogP contribution in [0.3, 0.4) is 0 Å². The number of aromatic nitrogens is 1. The first-order valence-corrected chi connectivity index (χ1v) is 9.02. The summed E-state index contributed by atoms with van der Waals surface area (Å²) in [6, 6.07) is 6.01. The topological polar surface area (TPSA) is 53.5 Å². The van der Waals surface area contributed by atoms with Crippen LogP contribution in [0.2, 0.25) is 0 Å². The SMILES string of the molecule is O=S1(=O)c2cccc(F)c2CN1c1cnccc1N1CCCC1. The van der Waals surface area contributed by atoms with Crippen LogP contribution in [-0.2, 0) is 16.6 Å². The van der Waals surface area contributed by atoms with Gasteiger partial charge in [0.2, 0.25) is 0 Å². The zero-order valence-corrected chi connectivity index (χ0v) is 13.3. The first-order chi connectivity index (χ1) is 11.1. The number of pyridine rings is 1. The van der Waals surface area contributed by atoms with E-state index in [0.717, 1.165) is 31.6 Å². The van der Waals surface area contributed by atoms with Gasteiger partial charge < -0.3 is 4.90 Å². The Kier molecular flexibility index (Phi) is 3.26. The van der Waals surface area contributed by atoms with E-state index in [1.54, 1.807) is 12.4 Å². The third kappa shape index (κ3) is 2.18. The smallest absolute Gasteiger partial charge is 0.265 e. The van der Waals surface area contributed by atoms with Crippen LogP contribution in [0.5, 0.6) is 0 Å². The molecule has 5 nitrogen and oxygen atoms in total. The average Bonchev–Trinajstić information content (AvgIpc) is 3.15. The first kappa shape index (κ1) is 14.4. The molecule has 1 fully saturated rings.